The molecule has 3 rings (SSSR count). The summed E-state index contributed by atoms with van der Waals surface area (Å²) in [7, 11) is 0. The lowest BCUT2D eigenvalue weighted by Crippen LogP contribution is -2.19. The smallest absolute Gasteiger partial charge is 0.175 e. The molecule has 22 heavy (non-hydrogen) atoms. The Morgan fingerprint density at radius 1 is 0.818 bits per heavy atom. The van der Waals surface area contributed by atoms with E-state index in [1.165, 1.54) is 0 Å². The maximum absolute atomic E-state index is 5.98. The first-order chi connectivity index (χ1) is 10.6. The SMILES string of the molecule is S=C(Nc1cc(Cl)cc(Cl)c1)Nc1cccc2ccccc12. The molecule has 0 unspecified atom stereocenters. The van der Waals surface area contributed by atoms with Gasteiger partial charge in [0.2, 0.25) is 0 Å². The molecule has 0 radical (unpaired) electrons. The number of halogens is 2. The van der Waals surface area contributed by atoms with Crippen LogP contribution in [0.2, 0.25) is 10.0 Å². The fourth-order valence-electron chi connectivity index (χ4n) is 2.25. The second-order valence-corrected chi connectivity index (χ2v) is 6.05. The Morgan fingerprint density at radius 2 is 1.50 bits per heavy atom. The van der Waals surface area contributed by atoms with Gasteiger partial charge in [-0.1, -0.05) is 59.6 Å². The largest absolute Gasteiger partial charge is 0.332 e. The van der Waals surface area contributed by atoms with Crippen LogP contribution in [-0.4, -0.2) is 5.11 Å². The first-order valence-corrected chi connectivity index (χ1v) is 7.80. The average molecular weight is 347 g/mol. The Morgan fingerprint density at radius 3 is 2.27 bits per heavy atom. The van der Waals surface area contributed by atoms with Gasteiger partial charge in [0, 0.05) is 26.8 Å². The van der Waals surface area contributed by atoms with Gasteiger partial charge in [-0.05, 0) is 41.9 Å². The first-order valence-electron chi connectivity index (χ1n) is 6.64. The van der Waals surface area contributed by atoms with Gasteiger partial charge in [0.15, 0.2) is 5.11 Å². The van der Waals surface area contributed by atoms with E-state index in [-0.39, 0.29) is 0 Å². The van der Waals surface area contributed by atoms with Crippen molar-refractivity contribution < 1.29 is 0 Å². The van der Waals surface area contributed by atoms with Gasteiger partial charge >= 0.3 is 0 Å². The molecule has 0 amide bonds. The van der Waals surface area contributed by atoms with Gasteiger partial charge in [-0.15, -0.1) is 0 Å². The lowest BCUT2D eigenvalue weighted by atomic mass is 10.1. The second kappa shape index (κ2) is 6.53. The third kappa shape index (κ3) is 3.50. The summed E-state index contributed by atoms with van der Waals surface area (Å²) < 4.78 is 0. The third-order valence-electron chi connectivity index (χ3n) is 3.16. The number of fused-ring (bicyclic) bond motifs is 1. The van der Waals surface area contributed by atoms with Gasteiger partial charge in [0.05, 0.1) is 0 Å². The molecule has 0 aliphatic carbocycles. The molecule has 0 aliphatic rings. The van der Waals surface area contributed by atoms with E-state index in [0.29, 0.717) is 15.2 Å². The fraction of sp³-hybridized carbons (Fsp3) is 0. The summed E-state index contributed by atoms with van der Waals surface area (Å²) in [5.41, 5.74) is 1.69. The zero-order chi connectivity index (χ0) is 15.5. The fourth-order valence-corrected chi connectivity index (χ4v) is 3.00. The van der Waals surface area contributed by atoms with Gasteiger partial charge < -0.3 is 10.6 Å². The summed E-state index contributed by atoms with van der Waals surface area (Å²) in [6, 6.07) is 19.4. The van der Waals surface area contributed by atoms with Crippen molar-refractivity contribution in [1.82, 2.24) is 0 Å². The van der Waals surface area contributed by atoms with Crippen molar-refractivity contribution in [2.45, 2.75) is 0 Å². The molecule has 3 aromatic carbocycles. The van der Waals surface area contributed by atoms with Crippen LogP contribution in [0, 0.1) is 0 Å². The van der Waals surface area contributed by atoms with Crippen LogP contribution < -0.4 is 10.6 Å². The predicted octanol–water partition coefficient (Wildman–Crippen LogP) is 5.96. The van der Waals surface area contributed by atoms with Crippen molar-refractivity contribution in [3.8, 4) is 0 Å². The molecule has 0 saturated heterocycles. The molecule has 2 N–H and O–H groups in total. The Kier molecular flexibility index (Phi) is 4.48. The van der Waals surface area contributed by atoms with Crippen LogP contribution in [0.15, 0.2) is 60.7 Å². The summed E-state index contributed by atoms with van der Waals surface area (Å²) >= 11 is 17.3. The van der Waals surface area contributed by atoms with E-state index in [1.54, 1.807) is 18.2 Å². The maximum Gasteiger partial charge on any atom is 0.175 e. The summed E-state index contributed by atoms with van der Waals surface area (Å²) in [5, 5.41) is 10.2. The van der Waals surface area contributed by atoms with E-state index in [9.17, 15) is 0 Å². The van der Waals surface area contributed by atoms with Gasteiger partial charge in [-0.2, -0.15) is 0 Å². The van der Waals surface area contributed by atoms with Crippen LogP contribution >= 0.6 is 35.4 Å². The predicted molar refractivity (Wildman–Crippen MR) is 100 cm³/mol. The van der Waals surface area contributed by atoms with Crippen molar-refractivity contribution in [3.05, 3.63) is 70.7 Å². The molecule has 0 saturated carbocycles. The Labute approximate surface area is 144 Å². The minimum Gasteiger partial charge on any atom is -0.332 e. The van der Waals surface area contributed by atoms with Gasteiger partial charge in [0.25, 0.3) is 0 Å². The highest BCUT2D eigenvalue weighted by Gasteiger charge is 2.04. The van der Waals surface area contributed by atoms with E-state index in [4.69, 9.17) is 35.4 Å². The topological polar surface area (TPSA) is 24.1 Å². The Bertz CT molecular complexity index is 823. The monoisotopic (exact) mass is 346 g/mol. The number of anilines is 2. The quantitative estimate of drug-likeness (QED) is 0.560. The van der Waals surface area contributed by atoms with Crippen LogP contribution in [0.5, 0.6) is 0 Å². The third-order valence-corrected chi connectivity index (χ3v) is 3.80. The van der Waals surface area contributed by atoms with Crippen molar-refractivity contribution in [2.75, 3.05) is 10.6 Å². The van der Waals surface area contributed by atoms with E-state index in [0.717, 1.165) is 22.1 Å². The zero-order valence-electron chi connectivity index (χ0n) is 11.4. The number of benzene rings is 3. The van der Waals surface area contributed by atoms with E-state index in [1.807, 2.05) is 24.3 Å². The highest BCUT2D eigenvalue weighted by molar-refractivity contribution is 7.80. The molecule has 0 aliphatic heterocycles. The Balaban J connectivity index is 1.81. The summed E-state index contributed by atoms with van der Waals surface area (Å²) in [6.07, 6.45) is 0. The van der Waals surface area contributed by atoms with Gasteiger partial charge in [-0.25, -0.2) is 0 Å². The molecule has 0 aromatic heterocycles. The lowest BCUT2D eigenvalue weighted by molar-refractivity contribution is 1.61. The van der Waals surface area contributed by atoms with Gasteiger partial charge in [0.1, 0.15) is 0 Å². The number of hydrogen-bond donors (Lipinski definition) is 2. The molecule has 5 heteroatoms. The molecule has 3 aromatic rings. The zero-order valence-corrected chi connectivity index (χ0v) is 13.8. The van der Waals surface area contributed by atoms with Gasteiger partial charge in [-0.3, -0.25) is 0 Å². The molecule has 2 nitrogen and oxygen atoms in total. The van der Waals surface area contributed by atoms with Crippen LogP contribution in [-0.2, 0) is 0 Å². The standard InChI is InChI=1S/C17H12Cl2N2S/c18-12-8-13(19)10-14(9-12)20-17(22)21-16-7-3-5-11-4-1-2-6-15(11)16/h1-10H,(H2,20,21,22). The first kappa shape index (κ1) is 15.1. The number of nitrogens with one attached hydrogen (secondary N) is 2. The molecule has 110 valence electrons. The van der Waals surface area contributed by atoms with Crippen LogP contribution in [0.3, 0.4) is 0 Å². The highest BCUT2D eigenvalue weighted by atomic mass is 35.5. The second-order valence-electron chi connectivity index (χ2n) is 4.76. The lowest BCUT2D eigenvalue weighted by Gasteiger charge is -2.13. The van der Waals surface area contributed by atoms with E-state index >= 15 is 0 Å². The molecular formula is C17H12Cl2N2S. The van der Waals surface area contributed by atoms with Crippen molar-refractivity contribution in [3.63, 3.8) is 0 Å². The average Bonchev–Trinajstić information content (AvgIpc) is 2.46. The number of thiocarbonyl (C=S) groups is 1. The van der Waals surface area contributed by atoms with Crippen LogP contribution in [0.4, 0.5) is 11.4 Å². The number of hydrogen-bond acceptors (Lipinski definition) is 1. The maximum atomic E-state index is 5.98. The minimum absolute atomic E-state index is 0.481. The number of rotatable bonds is 2. The summed E-state index contributed by atoms with van der Waals surface area (Å²) in [6.45, 7) is 0. The van der Waals surface area contributed by atoms with E-state index in [2.05, 4.69) is 28.8 Å². The molecule has 0 spiro atoms. The van der Waals surface area contributed by atoms with Crippen LogP contribution in [0.1, 0.15) is 0 Å². The summed E-state index contributed by atoms with van der Waals surface area (Å²) in [4.78, 5) is 0. The molecule has 0 heterocycles. The van der Waals surface area contributed by atoms with Crippen molar-refractivity contribution in [1.29, 1.82) is 0 Å². The Hall–Kier alpha value is -1.81. The normalized spacial score (nSPS) is 10.5. The van der Waals surface area contributed by atoms with Crippen molar-refractivity contribution >= 4 is 62.7 Å². The molecule has 0 bridgehead atoms. The van der Waals surface area contributed by atoms with Crippen molar-refractivity contribution in [2.24, 2.45) is 0 Å². The van der Waals surface area contributed by atoms with Crippen LogP contribution in [0.25, 0.3) is 10.8 Å². The molecule has 0 fully saturated rings. The minimum atomic E-state index is 0.481. The molecule has 0 atom stereocenters. The summed E-state index contributed by atoms with van der Waals surface area (Å²) in [5.74, 6) is 0. The highest BCUT2D eigenvalue weighted by Crippen LogP contribution is 2.25. The van der Waals surface area contributed by atoms with E-state index < -0.39 is 0 Å². The molecular weight excluding hydrogens is 335 g/mol.